The minimum atomic E-state index is -3.82. The molecule has 1 heterocycles. The van der Waals surface area contributed by atoms with E-state index < -0.39 is 28.5 Å². The fourth-order valence-electron chi connectivity index (χ4n) is 4.97. The fourth-order valence-corrected chi connectivity index (χ4v) is 6.03. The molecule has 1 atom stereocenters. The molecule has 1 N–H and O–H groups in total. The fraction of sp³-hybridized carbons (Fsp3) is 0.500. The van der Waals surface area contributed by atoms with E-state index in [1.807, 2.05) is 37.3 Å². The van der Waals surface area contributed by atoms with Gasteiger partial charge in [0.05, 0.1) is 11.4 Å². The van der Waals surface area contributed by atoms with Gasteiger partial charge in [0, 0.05) is 18.7 Å². The number of carbonyl (C=O) groups is 2. The van der Waals surface area contributed by atoms with Gasteiger partial charge in [0.25, 0.3) is 0 Å². The van der Waals surface area contributed by atoms with Crippen LogP contribution in [0.1, 0.15) is 51.5 Å². The first-order chi connectivity index (χ1) is 18.3. The Morgan fingerprint density at radius 1 is 1.00 bits per heavy atom. The summed E-state index contributed by atoms with van der Waals surface area (Å²) in [5.41, 5.74) is 1.17. The number of benzene rings is 2. The number of hydrogen-bond acceptors (Lipinski definition) is 6. The first kappa shape index (κ1) is 27.8. The molecule has 38 heavy (non-hydrogen) atoms. The third kappa shape index (κ3) is 6.59. The van der Waals surface area contributed by atoms with Crippen molar-refractivity contribution in [1.82, 2.24) is 10.2 Å². The highest BCUT2D eigenvalue weighted by Crippen LogP contribution is 2.35. The lowest BCUT2D eigenvalue weighted by molar-refractivity contribution is -0.140. The molecule has 1 aliphatic carbocycles. The second-order valence-electron chi connectivity index (χ2n) is 9.66. The molecular formula is C28H37N3O6S. The number of ether oxygens (including phenoxy) is 2. The average Bonchev–Trinajstić information content (AvgIpc) is 3.44. The van der Waals surface area contributed by atoms with Crippen molar-refractivity contribution in [3.8, 4) is 11.5 Å². The van der Waals surface area contributed by atoms with E-state index >= 15 is 0 Å². The van der Waals surface area contributed by atoms with Crippen LogP contribution in [0.25, 0.3) is 0 Å². The van der Waals surface area contributed by atoms with Crippen LogP contribution in [-0.2, 0) is 26.2 Å². The van der Waals surface area contributed by atoms with Gasteiger partial charge in [0.1, 0.15) is 25.8 Å². The van der Waals surface area contributed by atoms with Crippen molar-refractivity contribution in [2.24, 2.45) is 0 Å². The molecule has 1 aliphatic heterocycles. The summed E-state index contributed by atoms with van der Waals surface area (Å²) in [5.74, 6) is 0.121. The van der Waals surface area contributed by atoms with E-state index in [-0.39, 0.29) is 24.2 Å². The van der Waals surface area contributed by atoms with E-state index in [0.717, 1.165) is 35.6 Å². The van der Waals surface area contributed by atoms with Crippen molar-refractivity contribution < 1.29 is 27.5 Å². The van der Waals surface area contributed by atoms with Gasteiger partial charge in [-0.2, -0.15) is 0 Å². The van der Waals surface area contributed by atoms with Gasteiger partial charge in [-0.15, -0.1) is 0 Å². The van der Waals surface area contributed by atoms with Gasteiger partial charge in [0.2, 0.25) is 21.8 Å². The minimum absolute atomic E-state index is 0.111. The van der Waals surface area contributed by atoms with Crippen molar-refractivity contribution in [3.63, 3.8) is 0 Å². The number of amides is 2. The molecular weight excluding hydrogens is 506 g/mol. The van der Waals surface area contributed by atoms with Crippen molar-refractivity contribution in [1.29, 1.82) is 0 Å². The quantitative estimate of drug-likeness (QED) is 0.465. The van der Waals surface area contributed by atoms with Crippen molar-refractivity contribution in [2.75, 3.05) is 29.8 Å². The lowest BCUT2D eigenvalue weighted by Gasteiger charge is -2.34. The molecule has 2 amide bonds. The molecule has 1 fully saturated rings. The molecule has 0 bridgehead atoms. The number of carbonyl (C=O) groups excluding carboxylic acids is 2. The lowest BCUT2D eigenvalue weighted by atomic mass is 10.1. The molecule has 2 aliphatic rings. The van der Waals surface area contributed by atoms with E-state index in [2.05, 4.69) is 5.32 Å². The van der Waals surface area contributed by atoms with Gasteiger partial charge in [-0.25, -0.2) is 8.42 Å². The van der Waals surface area contributed by atoms with E-state index in [0.29, 0.717) is 36.8 Å². The number of nitrogens with one attached hydrogen (secondary N) is 1. The summed E-state index contributed by atoms with van der Waals surface area (Å²) in [6.45, 7) is 3.93. The second-order valence-corrected chi connectivity index (χ2v) is 11.8. The van der Waals surface area contributed by atoms with Crippen molar-refractivity contribution in [3.05, 3.63) is 54.1 Å². The maximum Gasteiger partial charge on any atom is 0.244 e. The predicted molar refractivity (Wildman–Crippen MR) is 146 cm³/mol. The van der Waals surface area contributed by atoms with Crippen LogP contribution in [0.4, 0.5) is 5.69 Å². The van der Waals surface area contributed by atoms with E-state index in [9.17, 15) is 18.0 Å². The molecule has 0 radical (unpaired) electrons. The van der Waals surface area contributed by atoms with Crippen LogP contribution in [0, 0.1) is 0 Å². The Labute approximate surface area is 225 Å². The maximum absolute atomic E-state index is 13.9. The molecule has 10 heteroatoms. The number of rotatable bonds is 11. The van der Waals surface area contributed by atoms with Crippen LogP contribution in [0.15, 0.2) is 48.5 Å². The van der Waals surface area contributed by atoms with Crippen LogP contribution in [0.5, 0.6) is 11.5 Å². The summed E-state index contributed by atoms with van der Waals surface area (Å²) >= 11 is 0. The lowest BCUT2D eigenvalue weighted by Crippen LogP contribution is -2.53. The van der Waals surface area contributed by atoms with Crippen LogP contribution in [0.3, 0.4) is 0 Å². The first-order valence-electron chi connectivity index (χ1n) is 13.4. The van der Waals surface area contributed by atoms with Crippen LogP contribution >= 0.6 is 0 Å². The molecule has 9 nitrogen and oxygen atoms in total. The summed E-state index contributed by atoms with van der Waals surface area (Å²) in [6.07, 6.45) is 4.42. The minimum Gasteiger partial charge on any atom is -0.486 e. The molecule has 4 rings (SSSR count). The molecule has 206 valence electrons. The number of hydrogen-bond donors (Lipinski definition) is 1. The highest BCUT2D eigenvalue weighted by Gasteiger charge is 2.34. The summed E-state index contributed by atoms with van der Waals surface area (Å²) in [5, 5.41) is 3.12. The Kier molecular flexibility index (Phi) is 9.14. The first-order valence-corrected chi connectivity index (χ1v) is 15.0. The molecule has 0 unspecified atom stereocenters. The van der Waals surface area contributed by atoms with Gasteiger partial charge in [-0.05, 0) is 43.9 Å². The normalized spacial score (nSPS) is 16.1. The molecule has 0 spiro atoms. The highest BCUT2D eigenvalue weighted by atomic mass is 32.2. The molecule has 2 aromatic rings. The molecule has 2 aromatic carbocycles. The van der Waals surface area contributed by atoms with Gasteiger partial charge >= 0.3 is 0 Å². The largest absolute Gasteiger partial charge is 0.486 e. The number of fused-ring (bicyclic) bond motifs is 1. The second kappa shape index (κ2) is 12.5. The predicted octanol–water partition coefficient (Wildman–Crippen LogP) is 3.48. The summed E-state index contributed by atoms with van der Waals surface area (Å²) in [7, 11) is -3.82. The number of anilines is 1. The Balaban J connectivity index is 1.64. The SMILES string of the molecule is CC[C@H](C(=O)NC1CCCC1)N(Cc1ccccc1)C(=O)CN(c1ccc2c(c1)OCCO2)S(=O)(=O)CC. The third-order valence-corrected chi connectivity index (χ3v) is 8.82. The average molecular weight is 544 g/mol. The van der Waals surface area contributed by atoms with Crippen molar-refractivity contribution in [2.45, 2.75) is 64.6 Å². The Hall–Kier alpha value is -3.27. The molecule has 1 saturated carbocycles. The van der Waals surface area contributed by atoms with E-state index in [1.165, 1.54) is 11.8 Å². The van der Waals surface area contributed by atoms with Crippen LogP contribution in [0.2, 0.25) is 0 Å². The maximum atomic E-state index is 13.9. The Morgan fingerprint density at radius 3 is 2.34 bits per heavy atom. The van der Waals surface area contributed by atoms with Gasteiger partial charge in [-0.1, -0.05) is 50.1 Å². The Morgan fingerprint density at radius 2 is 1.68 bits per heavy atom. The van der Waals surface area contributed by atoms with Gasteiger partial charge < -0.3 is 19.7 Å². The standard InChI is InChI=1S/C28H37N3O6S/c1-3-24(28(33)29-22-12-8-9-13-22)30(19-21-10-6-5-7-11-21)27(32)20-31(38(34,35)4-2)23-14-15-25-26(18-23)37-17-16-36-25/h5-7,10-11,14-15,18,22,24H,3-4,8-9,12-13,16-17,19-20H2,1-2H3,(H,29,33)/t24-/m1/s1. The monoisotopic (exact) mass is 543 g/mol. The van der Waals surface area contributed by atoms with Gasteiger partial charge in [-0.3, -0.25) is 13.9 Å². The van der Waals surface area contributed by atoms with Crippen LogP contribution in [-0.4, -0.2) is 62.7 Å². The molecule has 0 aromatic heterocycles. The van der Waals surface area contributed by atoms with Gasteiger partial charge in [0.15, 0.2) is 11.5 Å². The Bertz CT molecular complexity index is 1210. The van der Waals surface area contributed by atoms with E-state index in [1.54, 1.807) is 18.2 Å². The zero-order valence-corrected chi connectivity index (χ0v) is 22.9. The zero-order chi connectivity index (χ0) is 27.1. The smallest absolute Gasteiger partial charge is 0.244 e. The number of nitrogens with zero attached hydrogens (tertiary/aromatic N) is 2. The third-order valence-electron chi connectivity index (χ3n) is 7.08. The summed E-state index contributed by atoms with van der Waals surface area (Å²) in [6, 6.07) is 13.7. The van der Waals surface area contributed by atoms with Crippen LogP contribution < -0.4 is 19.1 Å². The topological polar surface area (TPSA) is 105 Å². The highest BCUT2D eigenvalue weighted by molar-refractivity contribution is 7.92. The number of sulfonamides is 1. The van der Waals surface area contributed by atoms with E-state index in [4.69, 9.17) is 9.47 Å². The summed E-state index contributed by atoms with van der Waals surface area (Å²) < 4.78 is 38.7. The van der Waals surface area contributed by atoms with Crippen molar-refractivity contribution >= 4 is 27.5 Å². The zero-order valence-electron chi connectivity index (χ0n) is 22.1. The molecule has 0 saturated heterocycles. The summed E-state index contributed by atoms with van der Waals surface area (Å²) in [4.78, 5) is 28.8.